The minimum atomic E-state index is -0.257. The van der Waals surface area contributed by atoms with Gasteiger partial charge in [-0.05, 0) is 51.8 Å². The second kappa shape index (κ2) is 6.24. The first-order valence-electron chi connectivity index (χ1n) is 8.13. The van der Waals surface area contributed by atoms with Gasteiger partial charge in [-0.25, -0.2) is 0 Å². The zero-order chi connectivity index (χ0) is 16.6. The molecule has 2 aromatic rings. The molecule has 1 aliphatic rings. The Labute approximate surface area is 136 Å². The van der Waals surface area contributed by atoms with Crippen LogP contribution < -0.4 is 15.4 Å². The highest BCUT2D eigenvalue weighted by Crippen LogP contribution is 2.32. The number of hydrogen-bond donors (Lipinski definition) is 2. The molecule has 5 nitrogen and oxygen atoms in total. The Hall–Kier alpha value is -2.01. The number of benzene rings is 1. The van der Waals surface area contributed by atoms with Gasteiger partial charge in [0.15, 0.2) is 0 Å². The van der Waals surface area contributed by atoms with Gasteiger partial charge >= 0.3 is 0 Å². The van der Waals surface area contributed by atoms with Crippen molar-refractivity contribution < 1.29 is 13.9 Å². The summed E-state index contributed by atoms with van der Waals surface area (Å²) in [6, 6.07) is 5.86. The van der Waals surface area contributed by atoms with Gasteiger partial charge in [-0.1, -0.05) is 0 Å². The predicted molar refractivity (Wildman–Crippen MR) is 89.7 cm³/mol. The minimum Gasteiger partial charge on any atom is -0.497 e. The van der Waals surface area contributed by atoms with Crippen LogP contribution in [0.3, 0.4) is 0 Å². The van der Waals surface area contributed by atoms with Gasteiger partial charge in [0.1, 0.15) is 17.1 Å². The van der Waals surface area contributed by atoms with E-state index in [0.29, 0.717) is 6.04 Å². The Bertz CT molecular complexity index is 718. The van der Waals surface area contributed by atoms with Crippen molar-refractivity contribution in [2.24, 2.45) is 0 Å². The molecule has 0 unspecified atom stereocenters. The first-order valence-corrected chi connectivity index (χ1v) is 8.13. The molecule has 1 amide bonds. The van der Waals surface area contributed by atoms with Gasteiger partial charge in [-0.3, -0.25) is 10.1 Å². The summed E-state index contributed by atoms with van der Waals surface area (Å²) in [5.74, 6) is 1.72. The Morgan fingerprint density at radius 3 is 2.74 bits per heavy atom. The quantitative estimate of drug-likeness (QED) is 0.860. The molecule has 1 saturated carbocycles. The number of amides is 1. The molecule has 2 N–H and O–H groups in total. The molecular weight excluding hydrogens is 292 g/mol. The fraction of sp³-hybridized carbons (Fsp3) is 0.500. The summed E-state index contributed by atoms with van der Waals surface area (Å²) in [4.78, 5) is 12.1. The Morgan fingerprint density at radius 1 is 1.35 bits per heavy atom. The molecular formula is C18H24N2O3. The second-order valence-electron chi connectivity index (χ2n) is 6.35. The lowest BCUT2D eigenvalue weighted by Gasteiger charge is -2.18. The van der Waals surface area contributed by atoms with Crippen molar-refractivity contribution in [3.63, 3.8) is 0 Å². The molecule has 5 heteroatoms. The largest absolute Gasteiger partial charge is 0.497 e. The van der Waals surface area contributed by atoms with Gasteiger partial charge < -0.3 is 14.5 Å². The smallest absolute Gasteiger partial charge is 0.237 e. The fourth-order valence-electron chi connectivity index (χ4n) is 2.84. The molecule has 1 heterocycles. The van der Waals surface area contributed by atoms with E-state index in [4.69, 9.17) is 9.15 Å². The maximum absolute atomic E-state index is 12.1. The number of ether oxygens (including phenoxy) is 1. The molecule has 0 aliphatic heterocycles. The third kappa shape index (κ3) is 3.34. The normalized spacial score (nSPS) is 17.0. The lowest BCUT2D eigenvalue weighted by molar-refractivity contribution is -0.123. The Morgan fingerprint density at radius 2 is 2.09 bits per heavy atom. The van der Waals surface area contributed by atoms with Gasteiger partial charge in [-0.15, -0.1) is 0 Å². The molecule has 0 saturated heterocycles. The third-order valence-electron chi connectivity index (χ3n) is 4.39. The fourth-order valence-corrected chi connectivity index (χ4v) is 2.84. The highest BCUT2D eigenvalue weighted by molar-refractivity contribution is 5.84. The van der Waals surface area contributed by atoms with E-state index >= 15 is 0 Å². The van der Waals surface area contributed by atoms with Crippen molar-refractivity contribution in [1.29, 1.82) is 0 Å². The number of furan rings is 1. The number of rotatable bonds is 6. The topological polar surface area (TPSA) is 63.5 Å². The van der Waals surface area contributed by atoms with Crippen LogP contribution in [0.4, 0.5) is 0 Å². The van der Waals surface area contributed by atoms with Crippen molar-refractivity contribution in [3.05, 3.63) is 29.5 Å². The monoisotopic (exact) mass is 316 g/mol. The summed E-state index contributed by atoms with van der Waals surface area (Å²) in [5.41, 5.74) is 1.91. The van der Waals surface area contributed by atoms with Crippen LogP contribution in [0.5, 0.6) is 5.75 Å². The summed E-state index contributed by atoms with van der Waals surface area (Å²) in [7, 11) is 1.65. The maximum atomic E-state index is 12.1. The zero-order valence-corrected chi connectivity index (χ0v) is 14.1. The van der Waals surface area contributed by atoms with E-state index < -0.39 is 0 Å². The summed E-state index contributed by atoms with van der Waals surface area (Å²) in [6.07, 6.45) is 2.19. The SMILES string of the molecule is COc1ccc2oc([C@@H](C)N[C@@H](C)C(=O)NC3CC3)c(C)c2c1. The number of nitrogens with one attached hydrogen (secondary N) is 2. The van der Waals surface area contributed by atoms with E-state index in [1.54, 1.807) is 7.11 Å². The number of carbonyl (C=O) groups excluding carboxylic acids is 1. The summed E-state index contributed by atoms with van der Waals surface area (Å²) >= 11 is 0. The van der Waals surface area contributed by atoms with Crippen molar-refractivity contribution >= 4 is 16.9 Å². The van der Waals surface area contributed by atoms with E-state index in [-0.39, 0.29) is 18.0 Å². The van der Waals surface area contributed by atoms with Gasteiger partial charge in [0.2, 0.25) is 5.91 Å². The van der Waals surface area contributed by atoms with E-state index in [1.165, 1.54) is 0 Å². The lowest BCUT2D eigenvalue weighted by Crippen LogP contribution is -2.43. The number of fused-ring (bicyclic) bond motifs is 1. The molecule has 3 rings (SSSR count). The molecule has 23 heavy (non-hydrogen) atoms. The van der Waals surface area contributed by atoms with E-state index in [0.717, 1.165) is 40.9 Å². The summed E-state index contributed by atoms with van der Waals surface area (Å²) < 4.78 is 11.3. The molecule has 1 aromatic heterocycles. The Kier molecular flexibility index (Phi) is 4.31. The number of hydrogen-bond acceptors (Lipinski definition) is 4. The zero-order valence-electron chi connectivity index (χ0n) is 14.1. The molecule has 0 spiro atoms. The van der Waals surface area contributed by atoms with Crippen LogP contribution in [-0.2, 0) is 4.79 Å². The van der Waals surface area contributed by atoms with Gasteiger partial charge in [0.25, 0.3) is 0 Å². The number of methoxy groups -OCH3 is 1. The molecule has 1 aliphatic carbocycles. The van der Waals surface area contributed by atoms with Crippen LogP contribution in [0.25, 0.3) is 11.0 Å². The predicted octanol–water partition coefficient (Wildman–Crippen LogP) is 3.07. The van der Waals surface area contributed by atoms with Crippen molar-refractivity contribution in [1.82, 2.24) is 10.6 Å². The van der Waals surface area contributed by atoms with Gasteiger partial charge in [-0.2, -0.15) is 0 Å². The first kappa shape index (κ1) is 15.9. The van der Waals surface area contributed by atoms with E-state index in [2.05, 4.69) is 10.6 Å². The second-order valence-corrected chi connectivity index (χ2v) is 6.35. The molecule has 1 aromatic carbocycles. The average Bonchev–Trinajstić information content (AvgIpc) is 3.29. The molecule has 124 valence electrons. The summed E-state index contributed by atoms with van der Waals surface area (Å²) in [6.45, 7) is 5.94. The van der Waals surface area contributed by atoms with Crippen molar-refractivity contribution in [3.8, 4) is 5.75 Å². The van der Waals surface area contributed by atoms with Crippen LogP contribution in [0.2, 0.25) is 0 Å². The van der Waals surface area contributed by atoms with Gasteiger partial charge in [0, 0.05) is 17.0 Å². The number of aryl methyl sites for hydroxylation is 1. The maximum Gasteiger partial charge on any atom is 0.237 e. The average molecular weight is 316 g/mol. The molecule has 2 atom stereocenters. The molecule has 1 fully saturated rings. The standard InChI is InChI=1S/C18H24N2O3/c1-10-15-9-14(22-4)7-8-16(15)23-17(10)11(2)19-12(3)18(21)20-13-5-6-13/h7-9,11-13,19H,5-6H2,1-4H3,(H,20,21)/t11-,12+/m1/s1. The van der Waals surface area contributed by atoms with E-state index in [9.17, 15) is 4.79 Å². The van der Waals surface area contributed by atoms with Crippen LogP contribution in [-0.4, -0.2) is 25.1 Å². The third-order valence-corrected chi connectivity index (χ3v) is 4.39. The lowest BCUT2D eigenvalue weighted by atomic mass is 10.1. The molecule has 0 bridgehead atoms. The van der Waals surface area contributed by atoms with Gasteiger partial charge in [0.05, 0.1) is 19.2 Å². The molecule has 0 radical (unpaired) electrons. The van der Waals surface area contributed by atoms with Crippen molar-refractivity contribution in [2.75, 3.05) is 7.11 Å². The van der Waals surface area contributed by atoms with Crippen LogP contribution in [0.1, 0.15) is 44.1 Å². The van der Waals surface area contributed by atoms with Crippen molar-refractivity contribution in [2.45, 2.75) is 51.7 Å². The summed E-state index contributed by atoms with van der Waals surface area (Å²) in [5, 5.41) is 7.39. The van der Waals surface area contributed by atoms with Crippen LogP contribution >= 0.6 is 0 Å². The van der Waals surface area contributed by atoms with Crippen LogP contribution in [0, 0.1) is 6.92 Å². The van der Waals surface area contributed by atoms with Crippen LogP contribution in [0.15, 0.2) is 22.6 Å². The highest BCUT2D eigenvalue weighted by atomic mass is 16.5. The minimum absolute atomic E-state index is 0.0478. The first-order chi connectivity index (χ1) is 11.0. The highest BCUT2D eigenvalue weighted by Gasteiger charge is 2.27. The van der Waals surface area contributed by atoms with E-state index in [1.807, 2.05) is 39.0 Å². The number of carbonyl (C=O) groups is 1. The Balaban J connectivity index is 1.75.